The summed E-state index contributed by atoms with van der Waals surface area (Å²) in [5.41, 5.74) is 9.60. The molecule has 3 nitrogen and oxygen atoms in total. The minimum absolute atomic E-state index is 0.131. The van der Waals surface area contributed by atoms with Crippen molar-refractivity contribution in [3.8, 4) is 11.1 Å². The minimum Gasteiger partial charge on any atom is -0.370 e. The zero-order chi connectivity index (χ0) is 14.9. The molecule has 0 aromatic heterocycles. The molecule has 0 aliphatic carbocycles. The molecule has 0 radical (unpaired) electrons. The van der Waals surface area contributed by atoms with Crippen LogP contribution in [0.1, 0.15) is 19.4 Å². The number of nitrogens with zero attached hydrogens (tertiary/aromatic N) is 2. The molecule has 3 heteroatoms. The second-order valence-electron chi connectivity index (χ2n) is 5.64. The topological polar surface area (TPSA) is 41.6 Å². The minimum atomic E-state index is -0.131. The van der Waals surface area contributed by atoms with Gasteiger partial charge in [0, 0.05) is 6.54 Å². The second-order valence-corrected chi connectivity index (χ2v) is 5.64. The van der Waals surface area contributed by atoms with Gasteiger partial charge in [0.2, 0.25) is 0 Å². The Morgan fingerprint density at radius 2 is 1.67 bits per heavy atom. The zero-order valence-corrected chi connectivity index (χ0v) is 12.6. The van der Waals surface area contributed by atoms with E-state index in [4.69, 9.17) is 5.73 Å². The summed E-state index contributed by atoms with van der Waals surface area (Å²) in [6, 6.07) is 19.2. The number of hydrogen-bond acceptors (Lipinski definition) is 3. The van der Waals surface area contributed by atoms with Gasteiger partial charge in [0.15, 0.2) is 5.96 Å². The third-order valence-corrected chi connectivity index (χ3v) is 4.35. The molecule has 1 aliphatic heterocycles. The van der Waals surface area contributed by atoms with E-state index >= 15 is 0 Å². The lowest BCUT2D eigenvalue weighted by Crippen LogP contribution is -2.47. The smallest absolute Gasteiger partial charge is 0.192 e. The molecule has 0 saturated carbocycles. The Hall–Kier alpha value is -2.29. The summed E-state index contributed by atoms with van der Waals surface area (Å²) < 4.78 is 0. The van der Waals surface area contributed by atoms with Crippen LogP contribution in [0.25, 0.3) is 11.1 Å². The van der Waals surface area contributed by atoms with E-state index < -0.39 is 0 Å². The van der Waals surface area contributed by atoms with Crippen LogP contribution >= 0.6 is 0 Å². The first-order valence-corrected chi connectivity index (χ1v) is 7.38. The molecule has 2 aromatic rings. The standard InChI is InChI=1S/C18H21N3/c1-3-21-17(19)20-13-18(21,2)16-11-9-15(10-12-16)14-7-5-4-6-8-14/h4-12H,3,13H2,1-2H3,(H2,19,20). The van der Waals surface area contributed by atoms with Gasteiger partial charge in [-0.15, -0.1) is 0 Å². The monoisotopic (exact) mass is 279 g/mol. The van der Waals surface area contributed by atoms with E-state index in [0.29, 0.717) is 5.96 Å². The van der Waals surface area contributed by atoms with Gasteiger partial charge in [0.25, 0.3) is 0 Å². The largest absolute Gasteiger partial charge is 0.370 e. The summed E-state index contributed by atoms with van der Waals surface area (Å²) in [7, 11) is 0. The number of guanidine groups is 1. The van der Waals surface area contributed by atoms with E-state index in [1.807, 2.05) is 6.07 Å². The van der Waals surface area contributed by atoms with E-state index in [-0.39, 0.29) is 5.54 Å². The van der Waals surface area contributed by atoms with E-state index in [1.165, 1.54) is 16.7 Å². The molecule has 2 N–H and O–H groups in total. The van der Waals surface area contributed by atoms with Gasteiger partial charge in [0.05, 0.1) is 12.1 Å². The molecular formula is C18H21N3. The molecule has 21 heavy (non-hydrogen) atoms. The van der Waals surface area contributed by atoms with Crippen LogP contribution in [0, 0.1) is 0 Å². The normalized spacial score (nSPS) is 21.4. The molecule has 1 aliphatic rings. The highest BCUT2D eigenvalue weighted by atomic mass is 15.3. The molecular weight excluding hydrogens is 258 g/mol. The maximum atomic E-state index is 6.00. The molecule has 0 spiro atoms. The van der Waals surface area contributed by atoms with Gasteiger partial charge < -0.3 is 10.6 Å². The average Bonchev–Trinajstić information content (AvgIpc) is 2.84. The van der Waals surface area contributed by atoms with Crippen LogP contribution in [-0.2, 0) is 5.54 Å². The quantitative estimate of drug-likeness (QED) is 0.937. The highest BCUT2D eigenvalue weighted by Crippen LogP contribution is 2.33. The van der Waals surface area contributed by atoms with Gasteiger partial charge in [-0.25, -0.2) is 0 Å². The number of aliphatic imine (C=N–C) groups is 1. The number of rotatable bonds is 3. The zero-order valence-electron chi connectivity index (χ0n) is 12.6. The fourth-order valence-corrected chi connectivity index (χ4v) is 3.07. The third kappa shape index (κ3) is 2.29. The van der Waals surface area contributed by atoms with Crippen molar-refractivity contribution in [2.45, 2.75) is 19.4 Å². The molecule has 108 valence electrons. The van der Waals surface area contributed by atoms with Crippen molar-refractivity contribution in [1.29, 1.82) is 0 Å². The van der Waals surface area contributed by atoms with Gasteiger partial charge in [-0.05, 0) is 30.5 Å². The van der Waals surface area contributed by atoms with Crippen molar-refractivity contribution < 1.29 is 0 Å². The average molecular weight is 279 g/mol. The van der Waals surface area contributed by atoms with Crippen molar-refractivity contribution in [3.63, 3.8) is 0 Å². The fourth-order valence-electron chi connectivity index (χ4n) is 3.07. The summed E-state index contributed by atoms with van der Waals surface area (Å²) in [5.74, 6) is 0.645. The number of likely N-dealkylation sites (N-methyl/N-ethyl adjacent to an activating group) is 1. The first kappa shape index (κ1) is 13.7. The Bertz CT molecular complexity index is 646. The van der Waals surface area contributed by atoms with Crippen molar-refractivity contribution in [2.24, 2.45) is 10.7 Å². The number of hydrogen-bond donors (Lipinski definition) is 1. The summed E-state index contributed by atoms with van der Waals surface area (Å²) in [5, 5.41) is 0. The van der Waals surface area contributed by atoms with E-state index in [9.17, 15) is 0 Å². The molecule has 0 amide bonds. The number of nitrogens with two attached hydrogens (primary N) is 1. The van der Waals surface area contributed by atoms with Gasteiger partial charge in [0.1, 0.15) is 0 Å². The Kier molecular flexibility index (Phi) is 3.42. The molecule has 2 aromatic carbocycles. The van der Waals surface area contributed by atoms with Gasteiger partial charge in [-0.1, -0.05) is 54.6 Å². The van der Waals surface area contributed by atoms with Gasteiger partial charge >= 0.3 is 0 Å². The molecule has 3 rings (SSSR count). The maximum Gasteiger partial charge on any atom is 0.192 e. The molecule has 1 heterocycles. The van der Waals surface area contributed by atoms with Crippen LogP contribution in [0.3, 0.4) is 0 Å². The first-order valence-electron chi connectivity index (χ1n) is 7.38. The Labute approximate surface area is 126 Å². The highest BCUT2D eigenvalue weighted by molar-refractivity contribution is 5.81. The predicted molar refractivity (Wildman–Crippen MR) is 88.1 cm³/mol. The molecule has 1 unspecified atom stereocenters. The summed E-state index contributed by atoms with van der Waals surface area (Å²) in [4.78, 5) is 6.59. The lowest BCUT2D eigenvalue weighted by Gasteiger charge is -2.36. The van der Waals surface area contributed by atoms with Crippen LogP contribution in [0.5, 0.6) is 0 Å². The first-order chi connectivity index (χ1) is 10.1. The van der Waals surface area contributed by atoms with Crippen molar-refractivity contribution in [3.05, 3.63) is 60.2 Å². The summed E-state index contributed by atoms with van der Waals surface area (Å²) in [6.07, 6.45) is 0. The van der Waals surface area contributed by atoms with Crippen LogP contribution in [0.2, 0.25) is 0 Å². The molecule has 0 fully saturated rings. The van der Waals surface area contributed by atoms with Gasteiger partial charge in [-0.2, -0.15) is 0 Å². The van der Waals surface area contributed by atoms with Crippen molar-refractivity contribution in [2.75, 3.05) is 13.1 Å². The van der Waals surface area contributed by atoms with Crippen LogP contribution < -0.4 is 5.73 Å². The van der Waals surface area contributed by atoms with E-state index in [0.717, 1.165) is 13.1 Å². The maximum absolute atomic E-state index is 6.00. The van der Waals surface area contributed by atoms with Crippen LogP contribution in [0.15, 0.2) is 59.6 Å². The lowest BCUT2D eigenvalue weighted by atomic mass is 9.89. The third-order valence-electron chi connectivity index (χ3n) is 4.35. The molecule has 0 bridgehead atoms. The Balaban J connectivity index is 1.91. The van der Waals surface area contributed by atoms with E-state index in [2.05, 4.69) is 72.3 Å². The predicted octanol–water partition coefficient (Wildman–Crippen LogP) is 3.22. The summed E-state index contributed by atoms with van der Waals surface area (Å²) in [6.45, 7) is 5.91. The van der Waals surface area contributed by atoms with Crippen molar-refractivity contribution in [1.82, 2.24) is 4.90 Å². The number of benzene rings is 2. The van der Waals surface area contributed by atoms with Crippen LogP contribution in [0.4, 0.5) is 0 Å². The van der Waals surface area contributed by atoms with Crippen LogP contribution in [-0.4, -0.2) is 23.9 Å². The van der Waals surface area contributed by atoms with Crippen molar-refractivity contribution >= 4 is 5.96 Å². The fraction of sp³-hybridized carbons (Fsp3) is 0.278. The Morgan fingerprint density at radius 3 is 2.29 bits per heavy atom. The highest BCUT2D eigenvalue weighted by Gasteiger charge is 2.38. The molecule has 1 atom stereocenters. The second kappa shape index (κ2) is 5.24. The lowest BCUT2D eigenvalue weighted by molar-refractivity contribution is 0.235. The van der Waals surface area contributed by atoms with E-state index in [1.54, 1.807) is 0 Å². The summed E-state index contributed by atoms with van der Waals surface area (Å²) >= 11 is 0. The SMILES string of the molecule is CCN1C(N)=NCC1(C)c1ccc(-c2ccccc2)cc1. The Morgan fingerprint density at radius 1 is 1.05 bits per heavy atom. The molecule has 0 saturated heterocycles. The van der Waals surface area contributed by atoms with Gasteiger partial charge in [-0.3, -0.25) is 4.99 Å².